The smallest absolute Gasteiger partial charge is 0.143 e. The molecule has 0 aliphatic heterocycles. The highest BCUT2D eigenvalue weighted by Gasteiger charge is 2.10. The highest BCUT2D eigenvalue weighted by molar-refractivity contribution is 6.32. The largest absolute Gasteiger partial charge is 0.489 e. The van der Waals surface area contributed by atoms with Gasteiger partial charge in [-0.15, -0.1) is 5.10 Å². The summed E-state index contributed by atoms with van der Waals surface area (Å²) in [5.41, 5.74) is 4.00. The maximum atomic E-state index is 9.28. The van der Waals surface area contributed by atoms with E-state index in [0.29, 0.717) is 28.7 Å². The Morgan fingerprint density at radius 1 is 1.29 bits per heavy atom. The summed E-state index contributed by atoms with van der Waals surface area (Å²) in [6, 6.07) is 11.1. The van der Waals surface area contributed by atoms with Gasteiger partial charge in [0.15, 0.2) is 0 Å². The second kappa shape index (κ2) is 8.85. The van der Waals surface area contributed by atoms with Crippen molar-refractivity contribution >= 4 is 17.3 Å². The Kier molecular flexibility index (Phi) is 5.82. The van der Waals surface area contributed by atoms with Gasteiger partial charge in [0, 0.05) is 17.4 Å². The molecule has 4 rings (SSSR count). The van der Waals surface area contributed by atoms with Gasteiger partial charge in [0.05, 0.1) is 41.4 Å². The zero-order valence-electron chi connectivity index (χ0n) is 16.9. The van der Waals surface area contributed by atoms with Crippen molar-refractivity contribution in [1.82, 2.24) is 30.2 Å². The van der Waals surface area contributed by atoms with E-state index in [1.165, 1.54) is 0 Å². The quantitative estimate of drug-likeness (QED) is 0.451. The molecule has 0 amide bonds. The summed E-state index contributed by atoms with van der Waals surface area (Å²) in [5.74, 6) is 0.627. The molecule has 156 valence electrons. The van der Waals surface area contributed by atoms with Gasteiger partial charge in [-0.05, 0) is 44.2 Å². The molecule has 0 radical (unpaired) electrons. The third kappa shape index (κ3) is 4.82. The van der Waals surface area contributed by atoms with Crippen LogP contribution in [0.25, 0.3) is 16.9 Å². The molecule has 0 bridgehead atoms. The molecule has 0 unspecified atom stereocenters. The number of H-pyrrole nitrogens is 1. The fourth-order valence-electron chi connectivity index (χ4n) is 2.91. The molecule has 0 aliphatic carbocycles. The van der Waals surface area contributed by atoms with E-state index in [2.05, 4.69) is 36.9 Å². The minimum absolute atomic E-state index is 0.0381. The average molecular weight is 435 g/mol. The number of anilines is 1. The summed E-state index contributed by atoms with van der Waals surface area (Å²) in [6.07, 6.45) is 5.23. The number of nitrogens with one attached hydrogen (secondary N) is 2. The van der Waals surface area contributed by atoms with Crippen molar-refractivity contribution in [3.8, 4) is 28.8 Å². The average Bonchev–Trinajstić information content (AvgIpc) is 3.45. The number of aromatic nitrogens is 6. The van der Waals surface area contributed by atoms with Crippen molar-refractivity contribution in [2.75, 3.05) is 5.32 Å². The second-order valence-corrected chi connectivity index (χ2v) is 7.42. The first-order valence-electron chi connectivity index (χ1n) is 9.55. The number of pyridine rings is 1. The Balaban J connectivity index is 1.48. The molecule has 2 N–H and O–H groups in total. The van der Waals surface area contributed by atoms with Crippen LogP contribution in [0.4, 0.5) is 5.69 Å². The normalized spacial score (nSPS) is 10.8. The number of rotatable bonds is 7. The first-order chi connectivity index (χ1) is 15.0. The predicted octanol–water partition coefficient (Wildman–Crippen LogP) is 3.98. The maximum absolute atomic E-state index is 9.28. The first-order valence-corrected chi connectivity index (χ1v) is 9.92. The number of hydrogen-bond acceptors (Lipinski definition) is 7. The van der Waals surface area contributed by atoms with Gasteiger partial charge in [-0.3, -0.25) is 5.10 Å². The summed E-state index contributed by atoms with van der Waals surface area (Å²) in [7, 11) is 0. The molecule has 0 saturated heterocycles. The molecular weight excluding hydrogens is 416 g/mol. The molecule has 3 aromatic heterocycles. The standard InChI is InChI=1S/C21H19ClN8O/c1-13(2)31-21-4-3-18(7-19(21)22)30-12-17(28-29-30)11-24-15-5-16(8-23)27-20(6-15)14-9-25-26-10-14/h3-7,9-10,12-13H,11H2,1-2H3,(H,24,27)(H,25,26). The number of hydrogen-bond donors (Lipinski definition) is 2. The molecule has 0 spiro atoms. The maximum Gasteiger partial charge on any atom is 0.143 e. The van der Waals surface area contributed by atoms with Crippen LogP contribution in [-0.4, -0.2) is 36.3 Å². The highest BCUT2D eigenvalue weighted by atomic mass is 35.5. The van der Waals surface area contributed by atoms with Crippen LogP contribution in [0.3, 0.4) is 0 Å². The van der Waals surface area contributed by atoms with E-state index >= 15 is 0 Å². The monoisotopic (exact) mass is 434 g/mol. The zero-order valence-corrected chi connectivity index (χ0v) is 17.6. The SMILES string of the molecule is CC(C)Oc1ccc(-n2cc(CNc3cc(C#N)nc(-c4cn[nH]c4)c3)nn2)cc1Cl. The lowest BCUT2D eigenvalue weighted by molar-refractivity contribution is 0.242. The Morgan fingerprint density at radius 3 is 2.87 bits per heavy atom. The van der Waals surface area contributed by atoms with Crippen molar-refractivity contribution in [3.05, 3.63) is 65.3 Å². The Labute approximate surface area is 183 Å². The molecular formula is C21H19ClN8O. The molecule has 4 aromatic rings. The van der Waals surface area contributed by atoms with E-state index in [0.717, 1.165) is 22.6 Å². The second-order valence-electron chi connectivity index (χ2n) is 7.01. The summed E-state index contributed by atoms with van der Waals surface area (Å²) in [5, 5.41) is 28.1. The third-order valence-electron chi connectivity index (χ3n) is 4.29. The number of ether oxygens (including phenoxy) is 1. The van der Waals surface area contributed by atoms with Gasteiger partial charge < -0.3 is 10.1 Å². The van der Waals surface area contributed by atoms with Gasteiger partial charge in [0.25, 0.3) is 0 Å². The lowest BCUT2D eigenvalue weighted by atomic mass is 10.2. The third-order valence-corrected chi connectivity index (χ3v) is 4.59. The number of nitrogens with zero attached hydrogens (tertiary/aromatic N) is 6. The van der Waals surface area contributed by atoms with Crippen molar-refractivity contribution in [3.63, 3.8) is 0 Å². The van der Waals surface area contributed by atoms with Gasteiger partial charge in [0.1, 0.15) is 23.2 Å². The van der Waals surface area contributed by atoms with Crippen LogP contribution < -0.4 is 10.1 Å². The Morgan fingerprint density at radius 2 is 2.16 bits per heavy atom. The molecule has 9 nitrogen and oxygen atoms in total. The molecule has 3 heterocycles. The molecule has 0 aliphatic rings. The lowest BCUT2D eigenvalue weighted by Gasteiger charge is -2.12. The number of halogens is 1. The van der Waals surface area contributed by atoms with Crippen LogP contribution in [0.15, 0.2) is 48.9 Å². The van der Waals surface area contributed by atoms with Crippen molar-refractivity contribution in [2.45, 2.75) is 26.5 Å². The molecule has 0 fully saturated rings. The Bertz CT molecular complexity index is 1230. The van der Waals surface area contributed by atoms with Crippen LogP contribution in [-0.2, 0) is 6.54 Å². The fourth-order valence-corrected chi connectivity index (χ4v) is 3.13. The van der Waals surface area contributed by atoms with Crippen molar-refractivity contribution < 1.29 is 4.74 Å². The van der Waals surface area contributed by atoms with Gasteiger partial charge in [-0.2, -0.15) is 10.4 Å². The van der Waals surface area contributed by atoms with Gasteiger partial charge in [-0.25, -0.2) is 9.67 Å². The lowest BCUT2D eigenvalue weighted by Crippen LogP contribution is -2.06. The van der Waals surface area contributed by atoms with E-state index in [1.807, 2.05) is 38.2 Å². The molecule has 10 heteroatoms. The zero-order chi connectivity index (χ0) is 21.8. The molecule has 31 heavy (non-hydrogen) atoms. The van der Waals surface area contributed by atoms with Gasteiger partial charge in [-0.1, -0.05) is 16.8 Å². The summed E-state index contributed by atoms with van der Waals surface area (Å²) in [6.45, 7) is 4.31. The van der Waals surface area contributed by atoms with Gasteiger partial charge >= 0.3 is 0 Å². The number of benzene rings is 1. The molecule has 1 aromatic carbocycles. The highest BCUT2D eigenvalue weighted by Crippen LogP contribution is 2.28. The van der Waals surface area contributed by atoms with E-state index in [4.69, 9.17) is 16.3 Å². The predicted molar refractivity (Wildman–Crippen MR) is 116 cm³/mol. The van der Waals surface area contributed by atoms with Crippen LogP contribution in [0.1, 0.15) is 25.2 Å². The summed E-state index contributed by atoms with van der Waals surface area (Å²) >= 11 is 6.32. The number of aromatic amines is 1. The Hall–Kier alpha value is -3.90. The molecule has 0 saturated carbocycles. The first kappa shape index (κ1) is 20.4. The molecule has 0 atom stereocenters. The van der Waals surface area contributed by atoms with Crippen LogP contribution in [0, 0.1) is 11.3 Å². The summed E-state index contributed by atoms with van der Waals surface area (Å²) < 4.78 is 7.31. The fraction of sp³-hybridized carbons (Fsp3) is 0.190. The number of nitriles is 1. The van der Waals surface area contributed by atoms with E-state index in [-0.39, 0.29) is 6.10 Å². The van der Waals surface area contributed by atoms with E-state index in [9.17, 15) is 5.26 Å². The van der Waals surface area contributed by atoms with E-state index < -0.39 is 0 Å². The summed E-state index contributed by atoms with van der Waals surface area (Å²) in [4.78, 5) is 4.31. The van der Waals surface area contributed by atoms with Crippen molar-refractivity contribution in [1.29, 1.82) is 5.26 Å². The van der Waals surface area contributed by atoms with Crippen LogP contribution in [0.5, 0.6) is 5.75 Å². The van der Waals surface area contributed by atoms with Crippen molar-refractivity contribution in [2.24, 2.45) is 0 Å². The van der Waals surface area contributed by atoms with Crippen LogP contribution >= 0.6 is 11.6 Å². The van der Waals surface area contributed by atoms with E-state index in [1.54, 1.807) is 29.2 Å². The minimum atomic E-state index is 0.0381. The topological polar surface area (TPSA) is 117 Å². The van der Waals surface area contributed by atoms with Gasteiger partial charge in [0.2, 0.25) is 0 Å². The minimum Gasteiger partial charge on any atom is -0.489 e. The van der Waals surface area contributed by atoms with Crippen LogP contribution in [0.2, 0.25) is 5.02 Å².